The van der Waals surface area contributed by atoms with Crippen LogP contribution in [0.1, 0.15) is 0 Å². The van der Waals surface area contributed by atoms with Crippen molar-refractivity contribution in [2.75, 3.05) is 6.79 Å². The molecule has 2 aromatic heterocycles. The summed E-state index contributed by atoms with van der Waals surface area (Å²) < 4.78 is 27.2. The maximum atomic E-state index is 14.5. The van der Waals surface area contributed by atoms with Gasteiger partial charge in [-0.15, -0.1) is 0 Å². The highest BCUT2D eigenvalue weighted by atomic mass is 19.1. The van der Waals surface area contributed by atoms with Crippen LogP contribution in [0.4, 0.5) is 4.39 Å². The zero-order valence-corrected chi connectivity index (χ0v) is 13.0. The molecule has 0 fully saturated rings. The number of aromatic nitrogens is 3. The normalized spacial score (nSPS) is 12.7. The Balaban J connectivity index is 1.70. The van der Waals surface area contributed by atoms with Gasteiger partial charge >= 0.3 is 0 Å². The summed E-state index contributed by atoms with van der Waals surface area (Å²) in [5.41, 5.74) is 3.52. The van der Waals surface area contributed by atoms with Gasteiger partial charge in [-0.25, -0.2) is 9.37 Å². The van der Waals surface area contributed by atoms with Crippen molar-refractivity contribution < 1.29 is 13.9 Å². The smallest absolute Gasteiger partial charge is 0.231 e. The van der Waals surface area contributed by atoms with Crippen molar-refractivity contribution >= 4 is 11.0 Å². The van der Waals surface area contributed by atoms with Gasteiger partial charge in [-0.2, -0.15) is 0 Å². The number of benzene rings is 2. The summed E-state index contributed by atoms with van der Waals surface area (Å²) in [5, 5.41) is 0. The van der Waals surface area contributed by atoms with Crippen LogP contribution in [0.25, 0.3) is 27.8 Å². The maximum Gasteiger partial charge on any atom is 0.231 e. The summed E-state index contributed by atoms with van der Waals surface area (Å²) in [4.78, 5) is 8.23. The van der Waals surface area contributed by atoms with E-state index in [0.29, 0.717) is 22.5 Å². The van der Waals surface area contributed by atoms with E-state index in [4.69, 9.17) is 9.47 Å². The van der Waals surface area contributed by atoms with Crippen LogP contribution in [0.3, 0.4) is 0 Å². The molecule has 0 amide bonds. The van der Waals surface area contributed by atoms with Gasteiger partial charge in [-0.3, -0.25) is 9.55 Å². The first-order valence-electron chi connectivity index (χ1n) is 7.76. The number of nitrogens with zero attached hydrogens (tertiary/aromatic N) is 3. The van der Waals surface area contributed by atoms with Crippen LogP contribution in [0, 0.1) is 5.82 Å². The summed E-state index contributed by atoms with van der Waals surface area (Å²) in [7, 11) is 0. The number of hydrogen-bond acceptors (Lipinski definition) is 4. The minimum Gasteiger partial charge on any atom is -0.454 e. The van der Waals surface area contributed by atoms with Crippen LogP contribution >= 0.6 is 0 Å². The number of pyridine rings is 1. The van der Waals surface area contributed by atoms with Gasteiger partial charge in [-0.1, -0.05) is 0 Å². The Hall–Kier alpha value is -3.41. The molecule has 0 radical (unpaired) electrons. The van der Waals surface area contributed by atoms with E-state index < -0.39 is 0 Å². The molecule has 0 saturated carbocycles. The molecule has 1 aliphatic heterocycles. The lowest BCUT2D eigenvalue weighted by atomic mass is 10.1. The average molecular weight is 333 g/mol. The molecule has 3 heterocycles. The quantitative estimate of drug-likeness (QED) is 0.557. The first kappa shape index (κ1) is 14.0. The molecule has 0 aliphatic carbocycles. The Morgan fingerprint density at radius 3 is 2.64 bits per heavy atom. The molecular weight excluding hydrogens is 321 g/mol. The van der Waals surface area contributed by atoms with Crippen molar-refractivity contribution in [1.29, 1.82) is 0 Å². The van der Waals surface area contributed by atoms with Gasteiger partial charge in [0.05, 0.1) is 11.2 Å². The number of halogens is 1. The molecule has 1 aliphatic rings. The second kappa shape index (κ2) is 5.31. The molecular formula is C19H12FN3O2. The lowest BCUT2D eigenvalue weighted by Crippen LogP contribution is -1.94. The van der Waals surface area contributed by atoms with Crippen molar-refractivity contribution in [3.05, 3.63) is 67.0 Å². The van der Waals surface area contributed by atoms with E-state index in [1.165, 1.54) is 6.07 Å². The predicted molar refractivity (Wildman–Crippen MR) is 90.4 cm³/mol. The minimum absolute atomic E-state index is 0.213. The second-order valence-corrected chi connectivity index (χ2v) is 5.71. The highest BCUT2D eigenvalue weighted by Crippen LogP contribution is 2.35. The van der Waals surface area contributed by atoms with Gasteiger partial charge < -0.3 is 9.47 Å². The predicted octanol–water partition coefficient (Wildman–Crippen LogP) is 3.96. The topological polar surface area (TPSA) is 49.2 Å². The number of hydrogen-bond donors (Lipinski definition) is 0. The lowest BCUT2D eigenvalue weighted by Gasteiger charge is -2.08. The molecule has 2 aromatic carbocycles. The Morgan fingerprint density at radius 2 is 1.76 bits per heavy atom. The largest absolute Gasteiger partial charge is 0.454 e. The molecule has 0 bridgehead atoms. The summed E-state index contributed by atoms with van der Waals surface area (Å²) in [5.74, 6) is 1.02. The van der Waals surface area contributed by atoms with Gasteiger partial charge in [0.1, 0.15) is 11.8 Å². The second-order valence-electron chi connectivity index (χ2n) is 5.71. The van der Waals surface area contributed by atoms with Gasteiger partial charge in [0, 0.05) is 18.5 Å². The molecule has 4 aromatic rings. The maximum absolute atomic E-state index is 14.5. The fraction of sp³-hybridized carbons (Fsp3) is 0.0526. The van der Waals surface area contributed by atoms with Crippen LogP contribution in [0.2, 0.25) is 0 Å². The van der Waals surface area contributed by atoms with Crippen LogP contribution < -0.4 is 9.47 Å². The Bertz CT molecular complexity index is 1090. The van der Waals surface area contributed by atoms with Crippen molar-refractivity contribution in [2.24, 2.45) is 0 Å². The summed E-state index contributed by atoms with van der Waals surface area (Å²) in [6.07, 6.45) is 4.99. The molecule has 25 heavy (non-hydrogen) atoms. The Morgan fingerprint density at radius 1 is 0.920 bits per heavy atom. The minimum atomic E-state index is -0.358. The van der Waals surface area contributed by atoms with Crippen LogP contribution in [-0.2, 0) is 0 Å². The van der Waals surface area contributed by atoms with E-state index in [9.17, 15) is 4.39 Å². The van der Waals surface area contributed by atoms with E-state index in [2.05, 4.69) is 9.97 Å². The van der Waals surface area contributed by atoms with Crippen LogP contribution in [0.15, 0.2) is 61.2 Å². The number of fused-ring (bicyclic) bond motifs is 2. The number of ether oxygens (including phenoxy) is 2. The van der Waals surface area contributed by atoms with Gasteiger partial charge in [0.2, 0.25) is 6.79 Å². The lowest BCUT2D eigenvalue weighted by molar-refractivity contribution is 0.174. The van der Waals surface area contributed by atoms with Crippen molar-refractivity contribution in [3.8, 4) is 28.3 Å². The van der Waals surface area contributed by atoms with Crippen LogP contribution in [0.5, 0.6) is 11.5 Å². The summed E-state index contributed by atoms with van der Waals surface area (Å²) in [6, 6.07) is 12.7. The van der Waals surface area contributed by atoms with E-state index in [-0.39, 0.29) is 12.6 Å². The highest BCUT2D eigenvalue weighted by Gasteiger charge is 2.16. The highest BCUT2D eigenvalue weighted by molar-refractivity contribution is 5.84. The van der Waals surface area contributed by atoms with Crippen LogP contribution in [-0.4, -0.2) is 21.3 Å². The van der Waals surface area contributed by atoms with Crippen molar-refractivity contribution in [3.63, 3.8) is 0 Å². The van der Waals surface area contributed by atoms with E-state index in [1.54, 1.807) is 18.7 Å². The van der Waals surface area contributed by atoms with Gasteiger partial charge in [-0.05, 0) is 47.5 Å². The fourth-order valence-corrected chi connectivity index (χ4v) is 3.03. The summed E-state index contributed by atoms with van der Waals surface area (Å²) >= 11 is 0. The summed E-state index contributed by atoms with van der Waals surface area (Å²) in [6.45, 7) is 0.213. The third-order valence-corrected chi connectivity index (χ3v) is 4.25. The average Bonchev–Trinajstić information content (AvgIpc) is 3.28. The molecule has 122 valence electrons. The first-order valence-corrected chi connectivity index (χ1v) is 7.76. The fourth-order valence-electron chi connectivity index (χ4n) is 3.03. The standard InChI is InChI=1S/C19H12FN3O2/c20-15-7-13(12-3-5-21-6-4-12)8-16-19(15)22-10-23(16)14-1-2-17-18(9-14)25-11-24-17/h1-10H,11H2. The number of imidazole rings is 1. The molecule has 6 heteroatoms. The van der Waals surface area contributed by atoms with Gasteiger partial charge in [0.25, 0.3) is 0 Å². The third kappa shape index (κ3) is 2.22. The Kier molecular flexibility index (Phi) is 2.97. The van der Waals surface area contributed by atoms with Gasteiger partial charge in [0.15, 0.2) is 17.3 Å². The molecule has 0 atom stereocenters. The first-order chi connectivity index (χ1) is 12.3. The SMILES string of the molecule is Fc1cc(-c2ccncc2)cc2c1ncn2-c1ccc2c(c1)OCO2. The monoisotopic (exact) mass is 333 g/mol. The zero-order valence-electron chi connectivity index (χ0n) is 13.0. The molecule has 0 saturated heterocycles. The Labute approximate surface area is 142 Å². The zero-order chi connectivity index (χ0) is 16.8. The molecule has 0 unspecified atom stereocenters. The third-order valence-electron chi connectivity index (χ3n) is 4.25. The van der Waals surface area contributed by atoms with E-state index in [1.807, 2.05) is 41.0 Å². The molecule has 0 N–H and O–H groups in total. The van der Waals surface area contributed by atoms with Crippen molar-refractivity contribution in [2.45, 2.75) is 0 Å². The number of rotatable bonds is 2. The molecule has 0 spiro atoms. The molecule has 5 nitrogen and oxygen atoms in total. The van der Waals surface area contributed by atoms with E-state index >= 15 is 0 Å². The van der Waals surface area contributed by atoms with E-state index in [0.717, 1.165) is 16.8 Å². The van der Waals surface area contributed by atoms with Crippen molar-refractivity contribution in [1.82, 2.24) is 14.5 Å². The molecule has 5 rings (SSSR count).